The van der Waals surface area contributed by atoms with Crippen LogP contribution in [-0.4, -0.2) is 35.5 Å². The maximum atomic E-state index is 9.61. The van der Waals surface area contributed by atoms with Gasteiger partial charge in [-0.2, -0.15) is 0 Å². The summed E-state index contributed by atoms with van der Waals surface area (Å²) in [5, 5.41) is 18.9. The molecule has 0 aliphatic rings. The van der Waals surface area contributed by atoms with E-state index in [1.54, 1.807) is 6.92 Å². The van der Waals surface area contributed by atoms with E-state index in [2.05, 4.69) is 30.9 Å². The number of benzene rings is 1. The zero-order chi connectivity index (χ0) is 12.8. The Balaban J connectivity index is 2.64. The number of aryl methyl sites for hydroxylation is 1. The topological polar surface area (TPSA) is 43.7 Å². The number of rotatable bonds is 6. The molecule has 96 valence electrons. The summed E-state index contributed by atoms with van der Waals surface area (Å²) in [4.78, 5) is 2.22. The second-order valence-electron chi connectivity index (χ2n) is 4.46. The molecule has 0 heterocycles. The Kier molecular flexibility index (Phi) is 5.45. The summed E-state index contributed by atoms with van der Waals surface area (Å²) >= 11 is 0. The van der Waals surface area contributed by atoms with E-state index in [0.29, 0.717) is 6.42 Å². The van der Waals surface area contributed by atoms with Crippen molar-refractivity contribution < 1.29 is 10.2 Å². The molecule has 0 aliphatic heterocycles. The summed E-state index contributed by atoms with van der Waals surface area (Å²) < 4.78 is 0. The summed E-state index contributed by atoms with van der Waals surface area (Å²) in [5.74, 6) is 0. The molecule has 0 saturated heterocycles. The van der Waals surface area contributed by atoms with Crippen molar-refractivity contribution in [2.24, 2.45) is 0 Å². The van der Waals surface area contributed by atoms with Gasteiger partial charge in [-0.05, 0) is 38.8 Å². The van der Waals surface area contributed by atoms with Crippen molar-refractivity contribution in [1.82, 2.24) is 0 Å². The van der Waals surface area contributed by atoms with Crippen LogP contribution in [0.15, 0.2) is 24.3 Å². The van der Waals surface area contributed by atoms with Crippen molar-refractivity contribution in [1.29, 1.82) is 0 Å². The molecule has 2 atom stereocenters. The van der Waals surface area contributed by atoms with Gasteiger partial charge in [0.2, 0.25) is 0 Å². The highest BCUT2D eigenvalue weighted by Crippen LogP contribution is 2.19. The van der Waals surface area contributed by atoms with Gasteiger partial charge in [0.1, 0.15) is 0 Å². The summed E-state index contributed by atoms with van der Waals surface area (Å²) in [7, 11) is 0. The molecule has 2 unspecified atom stereocenters. The van der Waals surface area contributed by atoms with Crippen LogP contribution in [0.1, 0.15) is 25.8 Å². The van der Waals surface area contributed by atoms with Crippen LogP contribution in [0.3, 0.4) is 0 Å². The van der Waals surface area contributed by atoms with E-state index >= 15 is 0 Å². The molecule has 0 bridgehead atoms. The van der Waals surface area contributed by atoms with E-state index in [-0.39, 0.29) is 0 Å². The average molecular weight is 237 g/mol. The van der Waals surface area contributed by atoms with Gasteiger partial charge in [0, 0.05) is 18.8 Å². The Bertz CT molecular complexity index is 339. The van der Waals surface area contributed by atoms with Crippen molar-refractivity contribution in [3.8, 4) is 0 Å². The fourth-order valence-electron chi connectivity index (χ4n) is 1.90. The molecule has 1 aromatic rings. The van der Waals surface area contributed by atoms with Crippen LogP contribution in [-0.2, 0) is 0 Å². The second kappa shape index (κ2) is 6.62. The van der Waals surface area contributed by atoms with Gasteiger partial charge < -0.3 is 15.1 Å². The molecular formula is C14H23NO2. The molecule has 3 heteroatoms. The molecule has 1 rings (SSSR count). The first-order valence-corrected chi connectivity index (χ1v) is 6.23. The molecule has 0 amide bonds. The monoisotopic (exact) mass is 237 g/mol. The zero-order valence-electron chi connectivity index (χ0n) is 10.9. The fourth-order valence-corrected chi connectivity index (χ4v) is 1.90. The third kappa shape index (κ3) is 4.02. The molecule has 1 aromatic carbocycles. The lowest BCUT2D eigenvalue weighted by atomic mass is 10.1. The van der Waals surface area contributed by atoms with Gasteiger partial charge in [-0.1, -0.05) is 18.2 Å². The summed E-state index contributed by atoms with van der Waals surface area (Å²) in [6.07, 6.45) is -0.724. The average Bonchev–Trinajstić information content (AvgIpc) is 2.31. The second-order valence-corrected chi connectivity index (χ2v) is 4.46. The van der Waals surface area contributed by atoms with E-state index < -0.39 is 12.2 Å². The van der Waals surface area contributed by atoms with Crippen LogP contribution in [0, 0.1) is 6.92 Å². The van der Waals surface area contributed by atoms with E-state index in [9.17, 15) is 10.2 Å². The van der Waals surface area contributed by atoms with Crippen LogP contribution in [0.2, 0.25) is 0 Å². The third-order valence-corrected chi connectivity index (χ3v) is 3.09. The molecule has 3 nitrogen and oxygen atoms in total. The Morgan fingerprint density at radius 2 is 1.88 bits per heavy atom. The highest BCUT2D eigenvalue weighted by atomic mass is 16.3. The van der Waals surface area contributed by atoms with Crippen molar-refractivity contribution in [3.63, 3.8) is 0 Å². The largest absolute Gasteiger partial charge is 0.391 e. The van der Waals surface area contributed by atoms with Crippen LogP contribution < -0.4 is 4.90 Å². The van der Waals surface area contributed by atoms with Crippen molar-refractivity contribution >= 4 is 5.69 Å². The minimum absolute atomic E-state index is 0.583. The third-order valence-electron chi connectivity index (χ3n) is 3.09. The number of hydrogen-bond acceptors (Lipinski definition) is 3. The lowest BCUT2D eigenvalue weighted by Crippen LogP contribution is -2.31. The number of para-hydroxylation sites is 1. The number of anilines is 1. The van der Waals surface area contributed by atoms with Gasteiger partial charge in [-0.25, -0.2) is 0 Å². The summed E-state index contributed by atoms with van der Waals surface area (Å²) in [6, 6.07) is 8.23. The van der Waals surface area contributed by atoms with Crippen molar-refractivity contribution in [2.45, 2.75) is 39.4 Å². The molecular weight excluding hydrogens is 214 g/mol. The maximum Gasteiger partial charge on any atom is 0.0813 e. The minimum Gasteiger partial charge on any atom is -0.391 e. The molecule has 0 saturated carbocycles. The minimum atomic E-state index is -0.662. The van der Waals surface area contributed by atoms with Gasteiger partial charge in [0.25, 0.3) is 0 Å². The normalized spacial score (nSPS) is 14.4. The number of hydrogen-bond donors (Lipinski definition) is 2. The highest BCUT2D eigenvalue weighted by molar-refractivity contribution is 5.52. The van der Waals surface area contributed by atoms with Crippen LogP contribution in [0.4, 0.5) is 5.69 Å². The molecule has 17 heavy (non-hydrogen) atoms. The SMILES string of the molecule is CCN(CCC(O)C(C)O)c1ccccc1C. The molecule has 0 radical (unpaired) electrons. The predicted molar refractivity (Wildman–Crippen MR) is 71.4 cm³/mol. The highest BCUT2D eigenvalue weighted by Gasteiger charge is 2.13. The van der Waals surface area contributed by atoms with Crippen molar-refractivity contribution in [3.05, 3.63) is 29.8 Å². The van der Waals surface area contributed by atoms with Crippen LogP contribution in [0.25, 0.3) is 0 Å². The Hall–Kier alpha value is -1.06. The quantitative estimate of drug-likeness (QED) is 0.795. The van der Waals surface area contributed by atoms with E-state index in [1.807, 2.05) is 12.1 Å². The van der Waals surface area contributed by atoms with Gasteiger partial charge in [-0.15, -0.1) is 0 Å². The predicted octanol–water partition coefficient (Wildman–Crippen LogP) is 1.95. The standard InChI is InChI=1S/C14H23NO2/c1-4-15(10-9-14(17)12(3)16)13-8-6-5-7-11(13)2/h5-8,12,14,16-17H,4,9-10H2,1-3H3. The van der Waals surface area contributed by atoms with Gasteiger partial charge in [0.05, 0.1) is 12.2 Å². The summed E-state index contributed by atoms with van der Waals surface area (Å²) in [5.41, 5.74) is 2.44. The number of aliphatic hydroxyl groups excluding tert-OH is 2. The first-order chi connectivity index (χ1) is 8.06. The Labute approximate surface area is 104 Å². The fraction of sp³-hybridized carbons (Fsp3) is 0.571. The first-order valence-electron chi connectivity index (χ1n) is 6.23. The molecule has 0 fully saturated rings. The molecule has 2 N–H and O–H groups in total. The molecule has 0 aliphatic carbocycles. The maximum absolute atomic E-state index is 9.61. The van der Waals surface area contributed by atoms with Crippen molar-refractivity contribution in [2.75, 3.05) is 18.0 Å². The van der Waals surface area contributed by atoms with Gasteiger partial charge >= 0.3 is 0 Å². The number of aliphatic hydroxyl groups is 2. The van der Waals surface area contributed by atoms with Gasteiger partial charge in [-0.3, -0.25) is 0 Å². The molecule has 0 aromatic heterocycles. The van der Waals surface area contributed by atoms with E-state index in [1.165, 1.54) is 11.3 Å². The molecule has 0 spiro atoms. The Morgan fingerprint density at radius 3 is 2.41 bits per heavy atom. The lowest BCUT2D eigenvalue weighted by Gasteiger charge is -2.26. The Morgan fingerprint density at radius 1 is 1.24 bits per heavy atom. The summed E-state index contributed by atoms with van der Waals surface area (Å²) in [6.45, 7) is 7.46. The lowest BCUT2D eigenvalue weighted by molar-refractivity contribution is 0.0276. The number of nitrogens with zero attached hydrogens (tertiary/aromatic N) is 1. The van der Waals surface area contributed by atoms with Gasteiger partial charge in [0.15, 0.2) is 0 Å². The van der Waals surface area contributed by atoms with Crippen LogP contribution in [0.5, 0.6) is 0 Å². The first kappa shape index (κ1) is 14.0. The van der Waals surface area contributed by atoms with E-state index in [0.717, 1.165) is 13.1 Å². The van der Waals surface area contributed by atoms with E-state index in [4.69, 9.17) is 0 Å². The zero-order valence-corrected chi connectivity index (χ0v) is 10.9. The van der Waals surface area contributed by atoms with Crippen LogP contribution >= 0.6 is 0 Å². The smallest absolute Gasteiger partial charge is 0.0813 e.